The van der Waals surface area contributed by atoms with Crippen molar-refractivity contribution in [3.05, 3.63) is 174 Å². The number of para-hydroxylation sites is 3. The van der Waals surface area contributed by atoms with E-state index in [2.05, 4.69) is 210 Å². The molecule has 0 spiro atoms. The fourth-order valence-corrected chi connectivity index (χ4v) is 10.3. The molecule has 0 N–H and O–H groups in total. The molecule has 0 atom stereocenters. The van der Waals surface area contributed by atoms with Gasteiger partial charge in [-0.15, -0.1) is 0 Å². The number of aryl methyl sites for hydroxylation is 1. The first kappa shape index (κ1) is 36.8. The van der Waals surface area contributed by atoms with Crippen LogP contribution in [0.3, 0.4) is 0 Å². The molecule has 0 bridgehead atoms. The van der Waals surface area contributed by atoms with Gasteiger partial charge in [-0.05, 0) is 117 Å². The maximum atomic E-state index is 6.53. The Hall–Kier alpha value is -6.98. The first-order valence-electron chi connectivity index (χ1n) is 21.9. The molecule has 0 saturated carbocycles. The van der Waals surface area contributed by atoms with Gasteiger partial charge in [0.15, 0.2) is 0 Å². The lowest BCUT2D eigenvalue weighted by molar-refractivity contribution is 0.590. The lowest BCUT2D eigenvalue weighted by atomic mass is 9.33. The maximum Gasteiger partial charge on any atom is 0.252 e. The molecule has 62 heavy (non-hydrogen) atoms. The molecule has 300 valence electrons. The van der Waals surface area contributed by atoms with E-state index in [0.717, 1.165) is 66.4 Å². The zero-order valence-corrected chi connectivity index (χ0v) is 36.3. The molecule has 4 heterocycles. The molecule has 12 rings (SSSR count). The molecule has 0 fully saturated rings. The van der Waals surface area contributed by atoms with Crippen LogP contribution in [0, 0.1) is 6.92 Å². The van der Waals surface area contributed by atoms with Crippen LogP contribution in [0.15, 0.2) is 167 Å². The van der Waals surface area contributed by atoms with E-state index in [1.54, 1.807) is 0 Å². The van der Waals surface area contributed by atoms with Crippen LogP contribution in [0.4, 0.5) is 34.1 Å². The van der Waals surface area contributed by atoms with E-state index in [9.17, 15) is 0 Å². The summed E-state index contributed by atoms with van der Waals surface area (Å²) in [4.78, 5) is 5.04. The summed E-state index contributed by atoms with van der Waals surface area (Å²) in [5.41, 5.74) is 20.6. The van der Waals surface area contributed by atoms with Gasteiger partial charge < -0.3 is 18.6 Å². The number of hydrogen-bond acceptors (Lipinski definition) is 4. The summed E-state index contributed by atoms with van der Waals surface area (Å²) in [7, 11) is 0. The van der Waals surface area contributed by atoms with Gasteiger partial charge in [-0.1, -0.05) is 139 Å². The fraction of sp³-hybridized carbons (Fsp3) is 0.158. The van der Waals surface area contributed by atoms with Crippen LogP contribution in [-0.2, 0) is 10.8 Å². The van der Waals surface area contributed by atoms with Gasteiger partial charge in [-0.2, -0.15) is 0 Å². The summed E-state index contributed by atoms with van der Waals surface area (Å²) in [5.74, 6) is 0. The largest absolute Gasteiger partial charge is 0.456 e. The lowest BCUT2D eigenvalue weighted by Gasteiger charge is -2.45. The van der Waals surface area contributed by atoms with Gasteiger partial charge in [0.2, 0.25) is 0 Å². The van der Waals surface area contributed by atoms with Gasteiger partial charge in [-0.3, -0.25) is 0 Å². The third-order valence-electron chi connectivity index (χ3n) is 13.4. The minimum absolute atomic E-state index is 0.00737. The summed E-state index contributed by atoms with van der Waals surface area (Å²) in [5, 5.41) is 4.52. The Labute approximate surface area is 363 Å². The van der Waals surface area contributed by atoms with Gasteiger partial charge >= 0.3 is 0 Å². The molecular formula is C57H47BN2O2. The molecule has 0 unspecified atom stereocenters. The Kier molecular flexibility index (Phi) is 7.73. The Morgan fingerprint density at radius 3 is 1.69 bits per heavy atom. The molecule has 2 aliphatic heterocycles. The number of fused-ring (bicyclic) bond motifs is 10. The molecule has 0 saturated heterocycles. The number of hydrogen-bond donors (Lipinski definition) is 0. The van der Waals surface area contributed by atoms with E-state index in [-0.39, 0.29) is 17.5 Å². The third-order valence-corrected chi connectivity index (χ3v) is 13.4. The van der Waals surface area contributed by atoms with Gasteiger partial charge in [0.1, 0.15) is 22.3 Å². The Morgan fingerprint density at radius 2 is 1.02 bits per heavy atom. The molecule has 4 nitrogen and oxygen atoms in total. The normalized spacial score (nSPS) is 13.6. The summed E-state index contributed by atoms with van der Waals surface area (Å²) in [6, 6.07) is 58.1. The van der Waals surface area contributed by atoms with Crippen LogP contribution in [0.5, 0.6) is 0 Å². The molecule has 0 aliphatic carbocycles. The monoisotopic (exact) mass is 802 g/mol. The zero-order valence-electron chi connectivity index (χ0n) is 36.3. The minimum Gasteiger partial charge on any atom is -0.456 e. The Morgan fingerprint density at radius 1 is 0.452 bits per heavy atom. The van der Waals surface area contributed by atoms with Gasteiger partial charge in [-0.25, -0.2) is 0 Å². The zero-order chi connectivity index (χ0) is 42.2. The second-order valence-electron chi connectivity index (χ2n) is 19.4. The van der Waals surface area contributed by atoms with Gasteiger partial charge in [0, 0.05) is 50.2 Å². The number of anilines is 6. The summed E-state index contributed by atoms with van der Waals surface area (Å²) >= 11 is 0. The van der Waals surface area contributed by atoms with Crippen LogP contribution in [0.1, 0.15) is 58.2 Å². The van der Waals surface area contributed by atoms with Crippen LogP contribution < -0.4 is 26.2 Å². The summed E-state index contributed by atoms with van der Waals surface area (Å²) < 4.78 is 13.0. The van der Waals surface area contributed by atoms with E-state index < -0.39 is 0 Å². The van der Waals surface area contributed by atoms with Crippen LogP contribution in [-0.4, -0.2) is 6.71 Å². The fourth-order valence-electron chi connectivity index (χ4n) is 10.3. The number of benzene rings is 8. The number of furan rings is 2. The van der Waals surface area contributed by atoms with Gasteiger partial charge in [0.05, 0.1) is 11.1 Å². The van der Waals surface area contributed by atoms with Crippen LogP contribution in [0.25, 0.3) is 55.0 Å². The molecule has 10 aromatic rings. The average Bonchev–Trinajstić information content (AvgIpc) is 3.84. The van der Waals surface area contributed by atoms with Gasteiger partial charge in [0.25, 0.3) is 6.71 Å². The van der Waals surface area contributed by atoms with Crippen molar-refractivity contribution in [2.45, 2.75) is 59.3 Å². The van der Waals surface area contributed by atoms with E-state index >= 15 is 0 Å². The highest BCUT2D eigenvalue weighted by molar-refractivity contribution is 7.00. The lowest BCUT2D eigenvalue weighted by Crippen LogP contribution is -2.61. The molecule has 5 heteroatoms. The maximum absolute atomic E-state index is 6.53. The highest BCUT2D eigenvalue weighted by Crippen LogP contribution is 2.48. The van der Waals surface area contributed by atoms with Crippen molar-refractivity contribution in [3.8, 4) is 11.1 Å². The topological polar surface area (TPSA) is 32.8 Å². The molecular weight excluding hydrogens is 755 g/mol. The quantitative estimate of drug-likeness (QED) is 0.167. The molecule has 2 aliphatic rings. The van der Waals surface area contributed by atoms with Crippen LogP contribution in [0.2, 0.25) is 0 Å². The SMILES string of the molecule is Cc1cc2c3c(c1)N(c1cccc4oc5ccccc5c14)c1ccc(C(C)(C)C)cc1B3c1cc(C(C)(C)C)ccc1N2c1ccc(-c2cccc3c2oc2ccccc23)cc1. The highest BCUT2D eigenvalue weighted by atomic mass is 16.3. The minimum atomic E-state index is -0.0394. The third kappa shape index (κ3) is 5.40. The molecule has 8 aromatic carbocycles. The first-order valence-corrected chi connectivity index (χ1v) is 21.9. The molecule has 0 amide bonds. The molecule has 2 aromatic heterocycles. The number of nitrogens with zero attached hydrogens (tertiary/aromatic N) is 2. The standard InChI is InChI=1S/C57H47BN2O2/c1-34-30-48-54-49(31-34)60(47-18-13-21-52-53(47)42-15-9-11-20-51(42)61-52)46-29-25-37(57(5,6)7)33-44(46)58(54)43-32-36(56(2,3)4)24-28-45(43)59(48)38-26-22-35(23-27-38)39-16-12-17-41-40-14-8-10-19-50(40)62-55(39)41/h8-33H,1-7H3. The highest BCUT2D eigenvalue weighted by Gasteiger charge is 2.44. The van der Waals surface area contributed by atoms with Crippen molar-refractivity contribution >= 4 is 101 Å². The van der Waals surface area contributed by atoms with Crippen molar-refractivity contribution < 1.29 is 8.83 Å². The summed E-state index contributed by atoms with van der Waals surface area (Å²) in [6.45, 7) is 16.2. The van der Waals surface area contributed by atoms with E-state index in [0.29, 0.717) is 0 Å². The predicted molar refractivity (Wildman–Crippen MR) is 263 cm³/mol. The van der Waals surface area contributed by atoms with Crippen molar-refractivity contribution in [3.63, 3.8) is 0 Å². The van der Waals surface area contributed by atoms with E-state index in [1.807, 2.05) is 6.07 Å². The van der Waals surface area contributed by atoms with E-state index in [1.165, 1.54) is 55.8 Å². The van der Waals surface area contributed by atoms with Crippen molar-refractivity contribution in [2.75, 3.05) is 9.80 Å². The van der Waals surface area contributed by atoms with Crippen LogP contribution >= 0.6 is 0 Å². The van der Waals surface area contributed by atoms with Crippen molar-refractivity contribution in [1.82, 2.24) is 0 Å². The number of rotatable bonds is 3. The summed E-state index contributed by atoms with van der Waals surface area (Å²) in [6.07, 6.45) is 0. The smallest absolute Gasteiger partial charge is 0.252 e. The van der Waals surface area contributed by atoms with Crippen molar-refractivity contribution in [2.24, 2.45) is 0 Å². The first-order chi connectivity index (χ1) is 29.9. The average molecular weight is 803 g/mol. The van der Waals surface area contributed by atoms with Crippen molar-refractivity contribution in [1.29, 1.82) is 0 Å². The predicted octanol–water partition coefficient (Wildman–Crippen LogP) is 14.1. The van der Waals surface area contributed by atoms with E-state index in [4.69, 9.17) is 8.83 Å². The Bertz CT molecular complexity index is 3470. The second kappa shape index (κ2) is 13.0. The molecule has 0 radical (unpaired) electrons. The Balaban J connectivity index is 1.12. The second-order valence-corrected chi connectivity index (χ2v) is 19.4.